The van der Waals surface area contributed by atoms with Gasteiger partial charge in [0.25, 0.3) is 0 Å². The number of likely N-dealkylation sites (tertiary alicyclic amines) is 1. The van der Waals surface area contributed by atoms with Crippen molar-refractivity contribution >= 4 is 51.9 Å². The molecular weight excluding hydrogens is 518 g/mol. The molecule has 5 rings (SSSR count). The van der Waals surface area contributed by atoms with Gasteiger partial charge in [0.15, 0.2) is 5.78 Å². The average molecular weight is 544 g/mol. The Kier molecular flexibility index (Phi) is 6.47. The number of carbonyl (C=O) groups excluding carboxylic acids is 2. The quantitative estimate of drug-likeness (QED) is 0.359. The molecule has 1 N–H and O–H groups in total. The van der Waals surface area contributed by atoms with Crippen molar-refractivity contribution in [2.24, 2.45) is 11.8 Å². The summed E-state index contributed by atoms with van der Waals surface area (Å²) in [6.07, 6.45) is 1.45. The zero-order valence-corrected chi connectivity index (χ0v) is 22.5. The molecular formula is C27H26ClNO5S2. The van der Waals surface area contributed by atoms with E-state index in [9.17, 15) is 19.5 Å². The molecule has 0 radical (unpaired) electrons. The number of aliphatic carboxylic acids is 1. The van der Waals surface area contributed by atoms with E-state index in [1.54, 1.807) is 44.4 Å². The lowest BCUT2D eigenvalue weighted by atomic mass is 9.73. The van der Waals surface area contributed by atoms with Gasteiger partial charge in [0, 0.05) is 16.7 Å². The Labute approximate surface area is 222 Å². The minimum atomic E-state index is -1.66. The average Bonchev–Trinajstić information content (AvgIpc) is 3.39. The number of benzene rings is 1. The number of rotatable bonds is 7. The first-order chi connectivity index (χ1) is 17.2. The molecule has 2 fully saturated rings. The van der Waals surface area contributed by atoms with E-state index in [2.05, 4.69) is 0 Å². The van der Waals surface area contributed by atoms with Crippen molar-refractivity contribution in [3.8, 4) is 5.75 Å². The van der Waals surface area contributed by atoms with E-state index in [0.29, 0.717) is 20.5 Å². The van der Waals surface area contributed by atoms with Crippen LogP contribution in [0.1, 0.15) is 57.4 Å². The van der Waals surface area contributed by atoms with E-state index in [0.717, 1.165) is 23.3 Å². The number of amides is 1. The highest BCUT2D eigenvalue weighted by molar-refractivity contribution is 7.18. The lowest BCUT2D eigenvalue weighted by Crippen LogP contribution is -2.54. The van der Waals surface area contributed by atoms with Crippen LogP contribution in [0.5, 0.6) is 5.75 Å². The highest BCUT2D eigenvalue weighted by Crippen LogP contribution is 2.59. The summed E-state index contributed by atoms with van der Waals surface area (Å²) in [4.78, 5) is 44.1. The van der Waals surface area contributed by atoms with Crippen molar-refractivity contribution in [1.29, 1.82) is 0 Å². The Bertz CT molecular complexity index is 1350. The Morgan fingerprint density at radius 1 is 1.17 bits per heavy atom. The number of halogens is 1. The zero-order valence-electron chi connectivity index (χ0n) is 20.1. The number of thiophene rings is 2. The number of carboxylic acid groups (broad SMARTS) is 1. The molecule has 0 bridgehead atoms. The second-order valence-electron chi connectivity index (χ2n) is 9.60. The summed E-state index contributed by atoms with van der Waals surface area (Å²) in [7, 11) is 1.54. The standard InChI is InChI=1S/C27H26ClNO5S2/c1-14-11-12-35-24(14)22-20(23(30)18-9-10-19(28)36-18)21(16-5-4-6-17(13-16)34-3)27(2,26(32)33)29(22)25(31)15-7-8-15/h4-6,9-13,15,20-22H,7-8H2,1-3H3,(H,32,33). The fourth-order valence-electron chi connectivity index (χ4n) is 5.50. The molecule has 0 spiro atoms. The molecule has 2 aromatic heterocycles. The minimum absolute atomic E-state index is 0.204. The van der Waals surface area contributed by atoms with Gasteiger partial charge in [-0.25, -0.2) is 4.79 Å². The summed E-state index contributed by atoms with van der Waals surface area (Å²) < 4.78 is 5.92. The highest BCUT2D eigenvalue weighted by Gasteiger charge is 2.66. The Morgan fingerprint density at radius 2 is 1.92 bits per heavy atom. The third-order valence-corrected chi connectivity index (χ3v) is 9.76. The largest absolute Gasteiger partial charge is 0.497 e. The van der Waals surface area contributed by atoms with Crippen LogP contribution in [0, 0.1) is 18.8 Å². The molecule has 1 saturated carbocycles. The first-order valence-electron chi connectivity index (χ1n) is 11.7. The van der Waals surface area contributed by atoms with Gasteiger partial charge in [-0.2, -0.15) is 0 Å². The number of hydrogen-bond acceptors (Lipinski definition) is 6. The van der Waals surface area contributed by atoms with Crippen molar-refractivity contribution < 1.29 is 24.2 Å². The third kappa shape index (κ3) is 3.96. The molecule has 3 heterocycles. The van der Waals surface area contributed by atoms with E-state index in [1.807, 2.05) is 24.4 Å². The van der Waals surface area contributed by atoms with Gasteiger partial charge in [-0.1, -0.05) is 23.7 Å². The maximum Gasteiger partial charge on any atom is 0.330 e. The summed E-state index contributed by atoms with van der Waals surface area (Å²) in [5.41, 5.74) is -0.0840. The van der Waals surface area contributed by atoms with Crippen molar-refractivity contribution in [3.05, 3.63) is 73.1 Å². The maximum absolute atomic E-state index is 14.3. The molecule has 36 heavy (non-hydrogen) atoms. The van der Waals surface area contributed by atoms with Crippen molar-refractivity contribution in [2.75, 3.05) is 7.11 Å². The number of hydrogen-bond donors (Lipinski definition) is 1. The molecule has 1 saturated heterocycles. The minimum Gasteiger partial charge on any atom is -0.497 e. The highest BCUT2D eigenvalue weighted by atomic mass is 35.5. The van der Waals surface area contributed by atoms with Crippen LogP contribution in [0.3, 0.4) is 0 Å². The monoisotopic (exact) mass is 543 g/mol. The van der Waals surface area contributed by atoms with E-state index in [1.165, 1.54) is 27.6 Å². The van der Waals surface area contributed by atoms with Gasteiger partial charge in [0.2, 0.25) is 5.91 Å². The first kappa shape index (κ1) is 25.0. The number of carbonyl (C=O) groups is 3. The lowest BCUT2D eigenvalue weighted by Gasteiger charge is -2.38. The topological polar surface area (TPSA) is 83.9 Å². The van der Waals surface area contributed by atoms with Gasteiger partial charge < -0.3 is 14.7 Å². The van der Waals surface area contributed by atoms with Crippen LogP contribution >= 0.6 is 34.3 Å². The predicted molar refractivity (Wildman–Crippen MR) is 140 cm³/mol. The SMILES string of the molecule is COc1cccc(C2C(C(=O)c3ccc(Cl)s3)C(c3sccc3C)N(C(=O)C3CC3)C2(C)C(=O)O)c1. The lowest BCUT2D eigenvalue weighted by molar-refractivity contribution is -0.158. The number of aryl methyl sites for hydroxylation is 1. The molecule has 1 aromatic carbocycles. The van der Waals surface area contributed by atoms with Crippen LogP contribution in [-0.4, -0.2) is 40.3 Å². The van der Waals surface area contributed by atoms with Crippen molar-refractivity contribution in [3.63, 3.8) is 0 Å². The molecule has 3 aromatic rings. The molecule has 4 unspecified atom stereocenters. The molecule has 2 aliphatic rings. The van der Waals surface area contributed by atoms with Crippen LogP contribution < -0.4 is 4.74 Å². The third-order valence-electron chi connectivity index (χ3n) is 7.42. The van der Waals surface area contributed by atoms with Gasteiger partial charge >= 0.3 is 5.97 Å². The molecule has 1 aliphatic heterocycles. The van der Waals surface area contributed by atoms with Crippen LogP contribution in [0.15, 0.2) is 47.8 Å². The van der Waals surface area contributed by atoms with Gasteiger partial charge in [-0.05, 0) is 73.5 Å². The van der Waals surface area contributed by atoms with E-state index >= 15 is 0 Å². The Morgan fingerprint density at radius 3 is 2.47 bits per heavy atom. The van der Waals surface area contributed by atoms with Gasteiger partial charge in [-0.3, -0.25) is 9.59 Å². The summed E-state index contributed by atoms with van der Waals surface area (Å²) in [6.45, 7) is 3.52. The van der Waals surface area contributed by atoms with E-state index in [4.69, 9.17) is 16.3 Å². The zero-order chi connectivity index (χ0) is 25.8. The van der Waals surface area contributed by atoms with E-state index < -0.39 is 29.4 Å². The first-order valence-corrected chi connectivity index (χ1v) is 13.8. The van der Waals surface area contributed by atoms with Gasteiger partial charge in [-0.15, -0.1) is 22.7 Å². The molecule has 9 heteroatoms. The number of Topliss-reactive ketones (excluding diaryl/α,β-unsaturated/α-hetero) is 1. The summed E-state index contributed by atoms with van der Waals surface area (Å²) >= 11 is 8.82. The smallest absolute Gasteiger partial charge is 0.330 e. The predicted octanol–water partition coefficient (Wildman–Crippen LogP) is 6.20. The number of carboxylic acids is 1. The summed E-state index contributed by atoms with van der Waals surface area (Å²) in [5.74, 6) is -2.85. The van der Waals surface area contributed by atoms with Crippen molar-refractivity contribution in [2.45, 2.75) is 44.2 Å². The van der Waals surface area contributed by atoms with Crippen LogP contribution in [0.2, 0.25) is 4.34 Å². The fraction of sp³-hybridized carbons (Fsp3) is 0.370. The molecule has 1 aliphatic carbocycles. The second-order valence-corrected chi connectivity index (χ2v) is 12.3. The van der Waals surface area contributed by atoms with Crippen molar-refractivity contribution in [1.82, 2.24) is 4.90 Å². The Hall–Kier alpha value is -2.68. The number of ether oxygens (including phenoxy) is 1. The van der Waals surface area contributed by atoms with E-state index in [-0.39, 0.29) is 17.6 Å². The van der Waals surface area contributed by atoms with Gasteiger partial charge in [0.05, 0.1) is 28.3 Å². The fourth-order valence-corrected chi connectivity index (χ4v) is 7.60. The number of nitrogens with zero attached hydrogens (tertiary/aromatic N) is 1. The summed E-state index contributed by atoms with van der Waals surface area (Å²) in [6, 6.07) is 11.7. The maximum atomic E-state index is 14.3. The molecule has 188 valence electrons. The van der Waals surface area contributed by atoms with Crippen LogP contribution in [-0.2, 0) is 9.59 Å². The molecule has 6 nitrogen and oxygen atoms in total. The number of methoxy groups -OCH3 is 1. The number of ketones is 1. The van der Waals surface area contributed by atoms with Gasteiger partial charge in [0.1, 0.15) is 11.3 Å². The molecule has 4 atom stereocenters. The Balaban J connectivity index is 1.80. The normalized spacial score (nSPS) is 25.7. The molecule has 1 amide bonds. The second kappa shape index (κ2) is 9.32. The summed E-state index contributed by atoms with van der Waals surface area (Å²) in [5, 5.41) is 12.7. The van der Waals surface area contributed by atoms with Crippen LogP contribution in [0.4, 0.5) is 0 Å². The van der Waals surface area contributed by atoms with Crippen LogP contribution in [0.25, 0.3) is 0 Å².